The molecule has 0 radical (unpaired) electrons. The zero-order valence-electron chi connectivity index (χ0n) is 16.0. The van der Waals surface area contributed by atoms with Crippen LogP contribution in [0.25, 0.3) is 0 Å². The highest BCUT2D eigenvalue weighted by Gasteiger charge is 2.49. The van der Waals surface area contributed by atoms with Crippen LogP contribution in [0.3, 0.4) is 0 Å². The second-order valence-electron chi connectivity index (χ2n) is 7.31. The maximum Gasteiger partial charge on any atom is 0.260 e. The van der Waals surface area contributed by atoms with Gasteiger partial charge in [0, 0.05) is 30.9 Å². The van der Waals surface area contributed by atoms with Crippen LogP contribution in [0.1, 0.15) is 33.1 Å². The molecule has 0 saturated heterocycles. The number of carbonyl (C=O) groups excluding carboxylic acids is 2. The van der Waals surface area contributed by atoms with E-state index >= 15 is 0 Å². The van der Waals surface area contributed by atoms with E-state index in [9.17, 15) is 9.59 Å². The van der Waals surface area contributed by atoms with E-state index in [1.165, 1.54) is 0 Å². The summed E-state index contributed by atoms with van der Waals surface area (Å²) in [4.78, 5) is 26.4. The van der Waals surface area contributed by atoms with E-state index in [2.05, 4.69) is 5.32 Å². The average Bonchev–Trinajstić information content (AvgIpc) is 3.22. The SMILES string of the molecule is CCN(CC)C(=O)COc1cccc(NC(=O)C2C3CCC(C3)C2N)c1.Cl. The molecule has 3 N–H and O–H groups in total. The van der Waals surface area contributed by atoms with Crippen molar-refractivity contribution in [2.75, 3.05) is 25.0 Å². The fourth-order valence-electron chi connectivity index (χ4n) is 4.43. The molecule has 27 heavy (non-hydrogen) atoms. The maximum atomic E-state index is 12.7. The van der Waals surface area contributed by atoms with Crippen molar-refractivity contribution < 1.29 is 14.3 Å². The van der Waals surface area contributed by atoms with Crippen LogP contribution in [0.15, 0.2) is 24.3 Å². The Bertz CT molecular complexity index is 664. The predicted octanol–water partition coefficient (Wildman–Crippen LogP) is 2.67. The van der Waals surface area contributed by atoms with Crippen LogP contribution in [0.5, 0.6) is 5.75 Å². The number of benzene rings is 1. The Kier molecular flexibility index (Phi) is 7.50. The number of halogens is 1. The molecule has 2 fully saturated rings. The van der Waals surface area contributed by atoms with E-state index in [0.717, 1.165) is 19.3 Å². The van der Waals surface area contributed by atoms with E-state index in [0.29, 0.717) is 36.4 Å². The van der Waals surface area contributed by atoms with E-state index in [1.807, 2.05) is 26.0 Å². The number of likely N-dealkylation sites (N-methyl/N-ethyl adjacent to an activating group) is 1. The molecule has 4 unspecified atom stereocenters. The van der Waals surface area contributed by atoms with Gasteiger partial charge in [-0.1, -0.05) is 6.07 Å². The summed E-state index contributed by atoms with van der Waals surface area (Å²) in [5, 5.41) is 2.98. The standard InChI is InChI=1S/C20H29N3O3.ClH/c1-3-23(4-2)17(24)12-26-16-7-5-6-15(11-16)22-20(25)18-13-8-9-14(10-13)19(18)21;/h5-7,11,13-14,18-19H,3-4,8-10,12,21H2,1-2H3,(H,22,25);1H. The Morgan fingerprint density at radius 2 is 1.93 bits per heavy atom. The van der Waals surface area contributed by atoms with Gasteiger partial charge in [0.25, 0.3) is 5.91 Å². The van der Waals surface area contributed by atoms with Crippen LogP contribution in [0.4, 0.5) is 5.69 Å². The molecule has 2 amide bonds. The van der Waals surface area contributed by atoms with Crippen LogP contribution in [-0.4, -0.2) is 42.5 Å². The Hall–Kier alpha value is -1.79. The Morgan fingerprint density at radius 3 is 2.56 bits per heavy atom. The number of nitrogens with zero attached hydrogens (tertiary/aromatic N) is 1. The van der Waals surface area contributed by atoms with Crippen molar-refractivity contribution in [1.82, 2.24) is 4.90 Å². The summed E-state index contributed by atoms with van der Waals surface area (Å²) in [6.07, 6.45) is 3.34. The lowest BCUT2D eigenvalue weighted by atomic mass is 9.84. The highest BCUT2D eigenvalue weighted by Crippen LogP contribution is 2.47. The zero-order chi connectivity index (χ0) is 18.7. The Morgan fingerprint density at radius 1 is 1.22 bits per heavy atom. The summed E-state index contributed by atoms with van der Waals surface area (Å²) < 4.78 is 5.60. The lowest BCUT2D eigenvalue weighted by molar-refractivity contribution is -0.133. The van der Waals surface area contributed by atoms with Gasteiger partial charge in [-0.3, -0.25) is 9.59 Å². The van der Waals surface area contributed by atoms with Gasteiger partial charge in [-0.2, -0.15) is 0 Å². The fourth-order valence-corrected chi connectivity index (χ4v) is 4.43. The molecule has 4 atom stereocenters. The van der Waals surface area contributed by atoms with Crippen molar-refractivity contribution in [1.29, 1.82) is 0 Å². The Labute approximate surface area is 167 Å². The van der Waals surface area contributed by atoms with Gasteiger partial charge in [0.05, 0.1) is 5.92 Å². The van der Waals surface area contributed by atoms with Gasteiger partial charge in [0.1, 0.15) is 5.75 Å². The number of nitrogens with two attached hydrogens (primary N) is 1. The van der Waals surface area contributed by atoms with E-state index < -0.39 is 0 Å². The summed E-state index contributed by atoms with van der Waals surface area (Å²) in [6, 6.07) is 7.16. The van der Waals surface area contributed by atoms with Gasteiger partial charge < -0.3 is 20.7 Å². The van der Waals surface area contributed by atoms with Gasteiger partial charge >= 0.3 is 0 Å². The number of nitrogens with one attached hydrogen (secondary N) is 1. The third-order valence-corrected chi connectivity index (χ3v) is 5.86. The van der Waals surface area contributed by atoms with Crippen LogP contribution >= 0.6 is 12.4 Å². The third-order valence-electron chi connectivity index (χ3n) is 5.86. The third kappa shape index (κ3) is 4.74. The first kappa shape index (κ1) is 21.5. The molecule has 150 valence electrons. The lowest BCUT2D eigenvalue weighted by Gasteiger charge is -2.27. The largest absolute Gasteiger partial charge is 0.484 e. The molecule has 1 aromatic carbocycles. The zero-order valence-corrected chi connectivity index (χ0v) is 16.8. The molecule has 0 aromatic heterocycles. The predicted molar refractivity (Wildman–Crippen MR) is 108 cm³/mol. The summed E-state index contributed by atoms with van der Waals surface area (Å²) in [5.41, 5.74) is 6.94. The number of fused-ring (bicyclic) bond motifs is 2. The van der Waals surface area contributed by atoms with Crippen molar-refractivity contribution in [3.8, 4) is 5.75 Å². The Balaban J connectivity index is 0.00000261. The molecule has 2 aliphatic carbocycles. The summed E-state index contributed by atoms with van der Waals surface area (Å²) in [6.45, 7) is 5.21. The molecule has 0 spiro atoms. The monoisotopic (exact) mass is 395 g/mol. The molecule has 2 bridgehead atoms. The minimum Gasteiger partial charge on any atom is -0.484 e. The molecule has 7 heteroatoms. The number of ether oxygens (including phenoxy) is 1. The second-order valence-corrected chi connectivity index (χ2v) is 7.31. The molecule has 6 nitrogen and oxygen atoms in total. The molecule has 3 rings (SSSR count). The van der Waals surface area contributed by atoms with Gasteiger partial charge in [-0.15, -0.1) is 12.4 Å². The van der Waals surface area contributed by atoms with Gasteiger partial charge in [0.2, 0.25) is 5.91 Å². The maximum absolute atomic E-state index is 12.7. The quantitative estimate of drug-likeness (QED) is 0.743. The van der Waals surface area contributed by atoms with Gasteiger partial charge in [0.15, 0.2) is 6.61 Å². The summed E-state index contributed by atoms with van der Waals surface area (Å²) >= 11 is 0. The van der Waals surface area contributed by atoms with E-state index in [-0.39, 0.29) is 42.8 Å². The number of rotatable bonds is 7. The molecule has 2 saturated carbocycles. The number of anilines is 1. The summed E-state index contributed by atoms with van der Waals surface area (Å²) in [5.74, 6) is 1.35. The molecule has 2 aliphatic rings. The molecule has 1 aromatic rings. The van der Waals surface area contributed by atoms with E-state index in [4.69, 9.17) is 10.5 Å². The van der Waals surface area contributed by atoms with Crippen molar-refractivity contribution >= 4 is 29.9 Å². The highest BCUT2D eigenvalue weighted by molar-refractivity contribution is 5.93. The number of carbonyl (C=O) groups is 2. The average molecular weight is 396 g/mol. The van der Waals surface area contributed by atoms with Crippen molar-refractivity contribution in [2.24, 2.45) is 23.5 Å². The number of hydrogen-bond acceptors (Lipinski definition) is 4. The fraction of sp³-hybridized carbons (Fsp3) is 0.600. The van der Waals surface area contributed by atoms with Gasteiger partial charge in [-0.05, 0) is 57.1 Å². The van der Waals surface area contributed by atoms with Crippen LogP contribution in [0, 0.1) is 17.8 Å². The minimum atomic E-state index is -0.0948. The van der Waals surface area contributed by atoms with Crippen molar-refractivity contribution in [3.63, 3.8) is 0 Å². The number of amides is 2. The highest BCUT2D eigenvalue weighted by atomic mass is 35.5. The smallest absolute Gasteiger partial charge is 0.260 e. The normalized spacial score (nSPS) is 25.6. The topological polar surface area (TPSA) is 84.7 Å². The first-order valence-corrected chi connectivity index (χ1v) is 9.60. The first-order valence-electron chi connectivity index (χ1n) is 9.60. The molecular weight excluding hydrogens is 366 g/mol. The van der Waals surface area contributed by atoms with Gasteiger partial charge in [-0.25, -0.2) is 0 Å². The molecule has 0 heterocycles. The molecular formula is C20H30ClN3O3. The van der Waals surface area contributed by atoms with Crippen molar-refractivity contribution in [3.05, 3.63) is 24.3 Å². The van der Waals surface area contributed by atoms with Crippen LogP contribution in [-0.2, 0) is 9.59 Å². The van der Waals surface area contributed by atoms with Crippen molar-refractivity contribution in [2.45, 2.75) is 39.2 Å². The van der Waals surface area contributed by atoms with E-state index in [1.54, 1.807) is 17.0 Å². The molecule has 0 aliphatic heterocycles. The van der Waals surface area contributed by atoms with Crippen LogP contribution in [0.2, 0.25) is 0 Å². The summed E-state index contributed by atoms with van der Waals surface area (Å²) in [7, 11) is 0. The second kappa shape index (κ2) is 9.42. The lowest BCUT2D eigenvalue weighted by Crippen LogP contribution is -2.42. The van der Waals surface area contributed by atoms with Crippen LogP contribution < -0.4 is 15.8 Å². The first-order chi connectivity index (χ1) is 12.5. The minimum absolute atomic E-state index is 0. The number of hydrogen-bond donors (Lipinski definition) is 2.